The van der Waals surface area contributed by atoms with Crippen molar-refractivity contribution in [3.63, 3.8) is 0 Å². The maximum atomic E-state index is 12.8. The summed E-state index contributed by atoms with van der Waals surface area (Å²) in [5.41, 5.74) is 2.21. The fourth-order valence-electron chi connectivity index (χ4n) is 3.34. The van der Waals surface area contributed by atoms with Gasteiger partial charge >= 0.3 is 6.03 Å². The Morgan fingerprint density at radius 3 is 2.87 bits per heavy atom. The highest BCUT2D eigenvalue weighted by Crippen LogP contribution is 2.37. The highest BCUT2D eigenvalue weighted by molar-refractivity contribution is 7.16. The van der Waals surface area contributed by atoms with Crippen LogP contribution in [0.25, 0.3) is 0 Å². The lowest BCUT2D eigenvalue weighted by atomic mass is 10.0. The molecule has 0 spiro atoms. The Bertz CT molecular complexity index is 1190. The van der Waals surface area contributed by atoms with Gasteiger partial charge in [-0.25, -0.2) is 4.79 Å². The third-order valence-electron chi connectivity index (χ3n) is 4.89. The summed E-state index contributed by atoms with van der Waals surface area (Å²) in [7, 11) is 3.25. The molecule has 0 atom stereocenters. The van der Waals surface area contributed by atoms with Crippen molar-refractivity contribution in [3.05, 3.63) is 52.4 Å². The van der Waals surface area contributed by atoms with Gasteiger partial charge in [-0.15, -0.1) is 11.3 Å². The quantitative estimate of drug-likeness (QED) is 0.646. The lowest BCUT2D eigenvalue weighted by molar-refractivity contribution is 0.102. The number of carbonyl (C=O) groups is 2. The first kappa shape index (κ1) is 20.4. The standard InChI is InChI=1S/C20H19N7O3S/c1-26-10-12(8-23-26)18(28)25-19-14(7-21)13-4-6-27(11-17(13)31-19)20(29)24-15-9-22-5-3-16(15)30-2/h3,5,8-10H,4,6,11H2,1-2H3,(H,24,29)(H,25,28). The number of hydrogen-bond donors (Lipinski definition) is 2. The molecule has 0 radical (unpaired) electrons. The van der Waals surface area contributed by atoms with Gasteiger partial charge in [0.25, 0.3) is 5.91 Å². The first-order chi connectivity index (χ1) is 15.0. The Balaban J connectivity index is 1.51. The van der Waals surface area contributed by atoms with E-state index >= 15 is 0 Å². The van der Waals surface area contributed by atoms with Crippen LogP contribution in [-0.2, 0) is 20.0 Å². The van der Waals surface area contributed by atoms with E-state index in [9.17, 15) is 14.9 Å². The number of methoxy groups -OCH3 is 1. The molecule has 1 aliphatic heterocycles. The minimum absolute atomic E-state index is 0.287. The third-order valence-corrected chi connectivity index (χ3v) is 6.02. The summed E-state index contributed by atoms with van der Waals surface area (Å²) in [5.74, 6) is 0.186. The number of anilines is 2. The summed E-state index contributed by atoms with van der Waals surface area (Å²) in [5, 5.41) is 19.8. The van der Waals surface area contributed by atoms with Crippen molar-refractivity contribution in [2.75, 3.05) is 24.3 Å². The maximum absolute atomic E-state index is 12.8. The summed E-state index contributed by atoms with van der Waals surface area (Å²) in [6, 6.07) is 3.57. The molecule has 4 heterocycles. The van der Waals surface area contributed by atoms with Crippen molar-refractivity contribution < 1.29 is 14.3 Å². The molecule has 3 amide bonds. The highest BCUT2D eigenvalue weighted by Gasteiger charge is 2.28. The van der Waals surface area contributed by atoms with Crippen molar-refractivity contribution in [1.29, 1.82) is 5.26 Å². The van der Waals surface area contributed by atoms with Crippen LogP contribution in [0, 0.1) is 11.3 Å². The number of aromatic nitrogens is 3. The van der Waals surface area contributed by atoms with Gasteiger partial charge in [0.1, 0.15) is 22.5 Å². The lowest BCUT2D eigenvalue weighted by Crippen LogP contribution is -2.38. The molecule has 0 aromatic carbocycles. The normalized spacial score (nSPS) is 12.6. The molecule has 10 nitrogen and oxygen atoms in total. The van der Waals surface area contributed by atoms with Crippen LogP contribution in [0.2, 0.25) is 0 Å². The van der Waals surface area contributed by atoms with Crippen LogP contribution in [0.4, 0.5) is 15.5 Å². The number of hydrogen-bond acceptors (Lipinski definition) is 7. The van der Waals surface area contributed by atoms with E-state index in [1.165, 1.54) is 35.5 Å². The average Bonchev–Trinajstić information content (AvgIpc) is 3.36. The van der Waals surface area contributed by atoms with Crippen molar-refractivity contribution in [3.8, 4) is 11.8 Å². The molecule has 0 bridgehead atoms. The molecule has 0 saturated carbocycles. The summed E-state index contributed by atoms with van der Waals surface area (Å²) in [6.45, 7) is 0.786. The van der Waals surface area contributed by atoms with Crippen LogP contribution in [0.3, 0.4) is 0 Å². The van der Waals surface area contributed by atoms with E-state index in [1.807, 2.05) is 0 Å². The van der Waals surface area contributed by atoms with Gasteiger partial charge in [0.2, 0.25) is 0 Å². The second-order valence-electron chi connectivity index (χ2n) is 6.85. The van der Waals surface area contributed by atoms with Gasteiger partial charge in [0, 0.05) is 36.9 Å². The molecule has 158 valence electrons. The molecule has 2 N–H and O–H groups in total. The molecule has 3 aromatic heterocycles. The fraction of sp³-hybridized carbons (Fsp3) is 0.250. The Morgan fingerprint density at radius 1 is 1.32 bits per heavy atom. The van der Waals surface area contributed by atoms with Crippen LogP contribution >= 0.6 is 11.3 Å². The summed E-state index contributed by atoms with van der Waals surface area (Å²) in [4.78, 5) is 31.8. The van der Waals surface area contributed by atoms with Crippen LogP contribution in [0.1, 0.15) is 26.4 Å². The zero-order valence-electron chi connectivity index (χ0n) is 16.9. The van der Waals surface area contributed by atoms with Crippen LogP contribution in [0.15, 0.2) is 30.9 Å². The van der Waals surface area contributed by atoms with Crippen LogP contribution in [0.5, 0.6) is 5.75 Å². The summed E-state index contributed by atoms with van der Waals surface area (Å²) in [6.07, 6.45) is 6.70. The number of carbonyl (C=O) groups excluding carboxylic acids is 2. The monoisotopic (exact) mass is 437 g/mol. The number of nitrogens with one attached hydrogen (secondary N) is 2. The molecule has 31 heavy (non-hydrogen) atoms. The molecule has 3 aromatic rings. The molecular formula is C20H19N7O3S. The predicted molar refractivity (Wildman–Crippen MR) is 114 cm³/mol. The number of aryl methyl sites for hydroxylation is 1. The fourth-order valence-corrected chi connectivity index (χ4v) is 4.55. The molecule has 0 unspecified atom stereocenters. The van der Waals surface area contributed by atoms with E-state index in [0.717, 1.165) is 10.4 Å². The van der Waals surface area contributed by atoms with Crippen LogP contribution in [-0.4, -0.2) is 45.3 Å². The number of rotatable bonds is 4. The minimum Gasteiger partial charge on any atom is -0.494 e. The van der Waals surface area contributed by atoms with E-state index < -0.39 is 0 Å². The van der Waals surface area contributed by atoms with Crippen molar-refractivity contribution in [1.82, 2.24) is 19.7 Å². The van der Waals surface area contributed by atoms with Crippen molar-refractivity contribution in [2.45, 2.75) is 13.0 Å². The number of thiophene rings is 1. The lowest BCUT2D eigenvalue weighted by Gasteiger charge is -2.27. The SMILES string of the molecule is COc1ccncc1NC(=O)N1CCc2c(sc(NC(=O)c3cnn(C)c3)c2C#N)C1. The van der Waals surface area contributed by atoms with E-state index in [-0.39, 0.29) is 11.9 Å². The highest BCUT2D eigenvalue weighted by atomic mass is 32.1. The van der Waals surface area contributed by atoms with Crippen LogP contribution < -0.4 is 15.4 Å². The van der Waals surface area contributed by atoms with Gasteiger partial charge in [0.05, 0.1) is 37.2 Å². The van der Waals surface area contributed by atoms with Gasteiger partial charge in [0.15, 0.2) is 0 Å². The first-order valence-electron chi connectivity index (χ1n) is 9.38. The molecule has 11 heteroatoms. The zero-order chi connectivity index (χ0) is 22.0. The third kappa shape index (κ3) is 4.06. The molecule has 4 rings (SSSR count). The van der Waals surface area contributed by atoms with Crippen molar-refractivity contribution in [2.24, 2.45) is 7.05 Å². The number of urea groups is 1. The smallest absolute Gasteiger partial charge is 0.322 e. The van der Waals surface area contributed by atoms with E-state index in [1.54, 1.807) is 30.4 Å². The van der Waals surface area contributed by atoms with Gasteiger partial charge < -0.3 is 20.3 Å². The van der Waals surface area contributed by atoms with E-state index in [2.05, 4.69) is 26.8 Å². The Hall–Kier alpha value is -3.91. The summed E-state index contributed by atoms with van der Waals surface area (Å²) < 4.78 is 6.78. The van der Waals surface area contributed by atoms with Gasteiger partial charge in [-0.05, 0) is 12.0 Å². The number of amides is 3. The molecule has 0 saturated heterocycles. The Kier molecular flexibility index (Phi) is 5.55. The van der Waals surface area contributed by atoms with Gasteiger partial charge in [-0.3, -0.25) is 14.5 Å². The van der Waals surface area contributed by atoms with E-state index in [0.29, 0.717) is 47.1 Å². The Morgan fingerprint density at radius 2 is 2.16 bits per heavy atom. The second kappa shape index (κ2) is 8.45. The maximum Gasteiger partial charge on any atom is 0.322 e. The first-order valence-corrected chi connectivity index (χ1v) is 10.2. The summed E-state index contributed by atoms with van der Waals surface area (Å²) >= 11 is 1.31. The number of nitriles is 1. The average molecular weight is 437 g/mol. The molecule has 1 aliphatic rings. The molecule has 0 fully saturated rings. The largest absolute Gasteiger partial charge is 0.494 e. The number of ether oxygens (including phenoxy) is 1. The predicted octanol–water partition coefficient (Wildman–Crippen LogP) is 2.60. The number of nitrogens with zero attached hydrogens (tertiary/aromatic N) is 5. The second-order valence-corrected chi connectivity index (χ2v) is 7.96. The van der Waals surface area contributed by atoms with Gasteiger partial charge in [-0.1, -0.05) is 0 Å². The zero-order valence-corrected chi connectivity index (χ0v) is 17.7. The minimum atomic E-state index is -0.332. The van der Waals surface area contributed by atoms with Gasteiger partial charge in [-0.2, -0.15) is 10.4 Å². The topological polar surface area (TPSA) is 125 Å². The van der Waals surface area contributed by atoms with Crippen molar-refractivity contribution >= 4 is 34.0 Å². The molecular weight excluding hydrogens is 418 g/mol. The Labute approximate surface area is 182 Å². The number of pyridine rings is 1. The number of fused-ring (bicyclic) bond motifs is 1. The van der Waals surface area contributed by atoms with E-state index in [4.69, 9.17) is 4.74 Å². The molecule has 0 aliphatic carbocycles.